The Morgan fingerprint density at radius 1 is 1.00 bits per heavy atom. The summed E-state index contributed by atoms with van der Waals surface area (Å²) in [5.41, 5.74) is 1.90. The molecular formula is C18H12ClFN2O. The monoisotopic (exact) mass is 326 g/mol. The Kier molecular flexibility index (Phi) is 4.35. The van der Waals surface area contributed by atoms with Gasteiger partial charge >= 0.3 is 0 Å². The number of anilines is 1. The molecule has 3 nitrogen and oxygen atoms in total. The quantitative estimate of drug-likeness (QED) is 0.751. The van der Waals surface area contributed by atoms with Gasteiger partial charge in [-0.2, -0.15) is 0 Å². The topological polar surface area (TPSA) is 42.0 Å². The van der Waals surface area contributed by atoms with E-state index in [2.05, 4.69) is 10.3 Å². The molecule has 114 valence electrons. The molecule has 0 spiro atoms. The molecule has 0 bridgehead atoms. The number of nitrogens with zero attached hydrogens (tertiary/aromatic N) is 1. The first-order valence-corrected chi connectivity index (χ1v) is 7.29. The predicted molar refractivity (Wildman–Crippen MR) is 89.0 cm³/mol. The summed E-state index contributed by atoms with van der Waals surface area (Å²) < 4.78 is 13.7. The van der Waals surface area contributed by atoms with Crippen LogP contribution in [0.25, 0.3) is 11.3 Å². The highest BCUT2D eigenvalue weighted by Crippen LogP contribution is 2.21. The minimum Gasteiger partial charge on any atom is -0.322 e. The third-order valence-electron chi connectivity index (χ3n) is 3.28. The molecule has 0 saturated heterocycles. The van der Waals surface area contributed by atoms with Crippen LogP contribution in [-0.2, 0) is 0 Å². The zero-order valence-corrected chi connectivity index (χ0v) is 12.7. The summed E-state index contributed by atoms with van der Waals surface area (Å²) in [5, 5.41) is 3.34. The van der Waals surface area contributed by atoms with Gasteiger partial charge in [0.1, 0.15) is 5.82 Å². The molecule has 3 rings (SSSR count). The lowest BCUT2D eigenvalue weighted by atomic mass is 10.1. The summed E-state index contributed by atoms with van der Waals surface area (Å²) in [5.74, 6) is -0.640. The van der Waals surface area contributed by atoms with Gasteiger partial charge in [0.05, 0.1) is 11.3 Å². The van der Waals surface area contributed by atoms with Crippen LogP contribution in [0.1, 0.15) is 10.4 Å². The Bertz CT molecular complexity index is 832. The van der Waals surface area contributed by atoms with Crippen molar-refractivity contribution >= 4 is 23.2 Å². The zero-order valence-electron chi connectivity index (χ0n) is 12.0. The van der Waals surface area contributed by atoms with E-state index in [1.165, 1.54) is 12.3 Å². The minimum absolute atomic E-state index is 0.292. The van der Waals surface area contributed by atoms with E-state index in [0.29, 0.717) is 27.5 Å². The summed E-state index contributed by atoms with van der Waals surface area (Å²) in [6, 6.07) is 16.4. The second-order valence-corrected chi connectivity index (χ2v) is 5.31. The SMILES string of the molecule is O=C(Nc1ccc(Cl)cc1)c1ccc(-c2ccccc2F)nc1. The van der Waals surface area contributed by atoms with E-state index < -0.39 is 0 Å². The molecule has 0 saturated carbocycles. The van der Waals surface area contributed by atoms with Gasteiger partial charge < -0.3 is 5.32 Å². The van der Waals surface area contributed by atoms with Gasteiger partial charge in [0.2, 0.25) is 0 Å². The number of rotatable bonds is 3. The van der Waals surface area contributed by atoms with Crippen LogP contribution in [0.2, 0.25) is 5.02 Å². The second kappa shape index (κ2) is 6.58. The van der Waals surface area contributed by atoms with Crippen LogP contribution >= 0.6 is 11.6 Å². The third-order valence-corrected chi connectivity index (χ3v) is 3.53. The number of carbonyl (C=O) groups is 1. The van der Waals surface area contributed by atoms with Gasteiger partial charge in [0.25, 0.3) is 5.91 Å². The van der Waals surface area contributed by atoms with Crippen molar-refractivity contribution in [2.45, 2.75) is 0 Å². The van der Waals surface area contributed by atoms with E-state index in [1.54, 1.807) is 54.6 Å². The van der Waals surface area contributed by atoms with Crippen molar-refractivity contribution in [1.82, 2.24) is 4.98 Å². The molecule has 0 aliphatic rings. The summed E-state index contributed by atoms with van der Waals surface area (Å²) in [4.78, 5) is 16.3. The summed E-state index contributed by atoms with van der Waals surface area (Å²) in [6.45, 7) is 0. The number of hydrogen-bond acceptors (Lipinski definition) is 2. The van der Waals surface area contributed by atoms with Crippen molar-refractivity contribution in [2.24, 2.45) is 0 Å². The lowest BCUT2D eigenvalue weighted by Gasteiger charge is -2.06. The molecule has 0 atom stereocenters. The van der Waals surface area contributed by atoms with E-state index in [0.717, 1.165) is 0 Å². The van der Waals surface area contributed by atoms with Crippen molar-refractivity contribution in [1.29, 1.82) is 0 Å². The Morgan fingerprint density at radius 3 is 2.39 bits per heavy atom. The molecule has 1 aromatic heterocycles. The summed E-state index contributed by atoms with van der Waals surface area (Å²) >= 11 is 5.80. The molecular weight excluding hydrogens is 315 g/mol. The average molecular weight is 327 g/mol. The lowest BCUT2D eigenvalue weighted by Crippen LogP contribution is -2.12. The first-order chi connectivity index (χ1) is 11.1. The zero-order chi connectivity index (χ0) is 16.2. The molecule has 2 aromatic carbocycles. The van der Waals surface area contributed by atoms with E-state index in [-0.39, 0.29) is 11.7 Å². The fourth-order valence-corrected chi connectivity index (χ4v) is 2.22. The van der Waals surface area contributed by atoms with Gasteiger partial charge in [-0.15, -0.1) is 0 Å². The minimum atomic E-state index is -0.349. The van der Waals surface area contributed by atoms with Gasteiger partial charge in [-0.05, 0) is 48.5 Å². The third kappa shape index (κ3) is 3.55. The van der Waals surface area contributed by atoms with Crippen molar-refractivity contribution in [3.8, 4) is 11.3 Å². The molecule has 1 N–H and O–H groups in total. The molecule has 0 radical (unpaired) electrons. The number of aromatic nitrogens is 1. The smallest absolute Gasteiger partial charge is 0.257 e. The fourth-order valence-electron chi connectivity index (χ4n) is 2.09. The highest BCUT2D eigenvalue weighted by molar-refractivity contribution is 6.30. The average Bonchev–Trinajstić information content (AvgIpc) is 2.57. The Morgan fingerprint density at radius 2 is 1.74 bits per heavy atom. The van der Waals surface area contributed by atoms with Crippen LogP contribution in [0.5, 0.6) is 0 Å². The Labute approximate surface area is 137 Å². The van der Waals surface area contributed by atoms with Crippen LogP contribution in [-0.4, -0.2) is 10.9 Å². The number of benzene rings is 2. The van der Waals surface area contributed by atoms with Crippen LogP contribution in [0.15, 0.2) is 66.9 Å². The number of hydrogen-bond donors (Lipinski definition) is 1. The number of amides is 1. The van der Waals surface area contributed by atoms with Gasteiger partial charge in [-0.3, -0.25) is 9.78 Å². The fraction of sp³-hybridized carbons (Fsp3) is 0. The predicted octanol–water partition coefficient (Wildman–Crippen LogP) is 4.79. The van der Waals surface area contributed by atoms with Crippen molar-refractivity contribution in [3.63, 3.8) is 0 Å². The number of halogens is 2. The Hall–Kier alpha value is -2.72. The molecule has 1 heterocycles. The van der Waals surface area contributed by atoms with Gasteiger partial charge in [0, 0.05) is 22.5 Å². The maximum atomic E-state index is 13.7. The van der Waals surface area contributed by atoms with Crippen LogP contribution in [0.3, 0.4) is 0 Å². The van der Waals surface area contributed by atoms with E-state index in [9.17, 15) is 9.18 Å². The number of pyridine rings is 1. The maximum Gasteiger partial charge on any atom is 0.257 e. The number of carbonyl (C=O) groups excluding carboxylic acids is 1. The molecule has 5 heteroatoms. The lowest BCUT2D eigenvalue weighted by molar-refractivity contribution is 0.102. The van der Waals surface area contributed by atoms with Crippen LogP contribution in [0.4, 0.5) is 10.1 Å². The first-order valence-electron chi connectivity index (χ1n) is 6.91. The van der Waals surface area contributed by atoms with Crippen LogP contribution < -0.4 is 5.32 Å². The van der Waals surface area contributed by atoms with Crippen molar-refractivity contribution < 1.29 is 9.18 Å². The molecule has 23 heavy (non-hydrogen) atoms. The van der Waals surface area contributed by atoms with E-state index >= 15 is 0 Å². The van der Waals surface area contributed by atoms with Crippen LogP contribution in [0, 0.1) is 5.82 Å². The van der Waals surface area contributed by atoms with Gasteiger partial charge in [0.15, 0.2) is 0 Å². The van der Waals surface area contributed by atoms with E-state index in [4.69, 9.17) is 11.6 Å². The second-order valence-electron chi connectivity index (χ2n) is 4.87. The molecule has 0 fully saturated rings. The first kappa shape index (κ1) is 15.2. The van der Waals surface area contributed by atoms with Crippen molar-refractivity contribution in [3.05, 3.63) is 83.3 Å². The molecule has 1 amide bonds. The number of nitrogens with one attached hydrogen (secondary N) is 1. The molecule has 0 aliphatic carbocycles. The molecule has 3 aromatic rings. The standard InChI is InChI=1S/C18H12ClFN2O/c19-13-6-8-14(9-7-13)22-18(23)12-5-10-17(21-11-12)15-3-1-2-4-16(15)20/h1-11H,(H,22,23). The molecule has 0 aliphatic heterocycles. The normalized spacial score (nSPS) is 10.3. The Balaban J connectivity index is 1.78. The summed E-state index contributed by atoms with van der Waals surface area (Å²) in [7, 11) is 0. The van der Waals surface area contributed by atoms with Gasteiger partial charge in [-0.25, -0.2) is 4.39 Å². The van der Waals surface area contributed by atoms with Crippen molar-refractivity contribution in [2.75, 3.05) is 5.32 Å². The summed E-state index contributed by atoms with van der Waals surface area (Å²) in [6.07, 6.45) is 1.42. The highest BCUT2D eigenvalue weighted by Gasteiger charge is 2.09. The highest BCUT2D eigenvalue weighted by atomic mass is 35.5. The maximum absolute atomic E-state index is 13.7. The van der Waals surface area contributed by atoms with Gasteiger partial charge in [-0.1, -0.05) is 23.7 Å². The van der Waals surface area contributed by atoms with E-state index in [1.807, 2.05) is 0 Å². The largest absolute Gasteiger partial charge is 0.322 e. The molecule has 0 unspecified atom stereocenters.